The molecule has 2 aromatic rings. The van der Waals surface area contributed by atoms with Crippen LogP contribution < -0.4 is 0 Å². The van der Waals surface area contributed by atoms with E-state index >= 15 is 0 Å². The molecule has 0 unspecified atom stereocenters. The van der Waals surface area contributed by atoms with Gasteiger partial charge in [-0.2, -0.15) is 0 Å². The van der Waals surface area contributed by atoms with Crippen molar-refractivity contribution in [1.29, 1.82) is 0 Å². The molecule has 2 aromatic carbocycles. The van der Waals surface area contributed by atoms with Gasteiger partial charge in [0, 0.05) is 0 Å². The van der Waals surface area contributed by atoms with Crippen LogP contribution in [-0.2, 0) is 32.3 Å². The van der Waals surface area contributed by atoms with E-state index in [0.717, 1.165) is 11.1 Å². The summed E-state index contributed by atoms with van der Waals surface area (Å²) in [6.45, 7) is -0.0352. The number of hydrogen-bond donors (Lipinski definition) is 2. The van der Waals surface area contributed by atoms with E-state index in [1.807, 2.05) is 12.1 Å². The molecule has 0 radical (unpaired) electrons. The minimum Gasteiger partial charge on any atom is -0.479 e. The smallest absolute Gasteiger partial charge is 0.336 e. The number of rotatable bonds is 9. The van der Waals surface area contributed by atoms with E-state index in [4.69, 9.17) is 9.47 Å². The van der Waals surface area contributed by atoms with Crippen LogP contribution in [0.15, 0.2) is 60.7 Å². The maximum Gasteiger partial charge on any atom is 0.336 e. The zero-order valence-electron chi connectivity index (χ0n) is 12.9. The normalized spacial score (nSPS) is 13.2. The van der Waals surface area contributed by atoms with Crippen LogP contribution >= 0.6 is 0 Å². The van der Waals surface area contributed by atoms with Crippen molar-refractivity contribution in [2.45, 2.75) is 25.4 Å². The molecule has 0 spiro atoms. The summed E-state index contributed by atoms with van der Waals surface area (Å²) in [4.78, 5) is 22.8. The first-order valence-corrected chi connectivity index (χ1v) is 7.34. The number of carboxylic acids is 2. The molecule has 0 aromatic heterocycles. The summed E-state index contributed by atoms with van der Waals surface area (Å²) in [5.74, 6) is -2.77. The Morgan fingerprint density at radius 3 is 1.33 bits per heavy atom. The molecule has 126 valence electrons. The van der Waals surface area contributed by atoms with Crippen molar-refractivity contribution in [2.75, 3.05) is 0 Å². The highest BCUT2D eigenvalue weighted by atomic mass is 16.6. The molecule has 0 bridgehead atoms. The van der Waals surface area contributed by atoms with Crippen LogP contribution in [0, 0.1) is 0 Å². The van der Waals surface area contributed by atoms with Gasteiger partial charge in [-0.15, -0.1) is 0 Å². The molecule has 0 saturated carbocycles. The molecule has 6 nitrogen and oxygen atoms in total. The number of carbonyl (C=O) groups is 2. The van der Waals surface area contributed by atoms with Crippen molar-refractivity contribution in [3.05, 3.63) is 71.8 Å². The summed E-state index contributed by atoms with van der Waals surface area (Å²) in [7, 11) is 0. The zero-order chi connectivity index (χ0) is 17.4. The second-order valence-electron chi connectivity index (χ2n) is 5.11. The summed E-state index contributed by atoms with van der Waals surface area (Å²) < 4.78 is 10.6. The molecule has 0 aliphatic carbocycles. The molecule has 0 aliphatic rings. The van der Waals surface area contributed by atoms with Crippen molar-refractivity contribution in [1.82, 2.24) is 0 Å². The van der Waals surface area contributed by atoms with Gasteiger partial charge in [0.15, 0.2) is 12.2 Å². The Bertz CT molecular complexity index is 596. The van der Waals surface area contributed by atoms with Gasteiger partial charge in [-0.3, -0.25) is 0 Å². The average Bonchev–Trinajstić information content (AvgIpc) is 2.59. The lowest BCUT2D eigenvalue weighted by molar-refractivity contribution is -0.179. The van der Waals surface area contributed by atoms with Gasteiger partial charge in [0.05, 0.1) is 13.2 Å². The third-order valence-electron chi connectivity index (χ3n) is 3.31. The molecule has 0 heterocycles. The standard InChI is InChI=1S/C18H18O6/c19-17(20)15(23-11-13-7-3-1-4-8-13)16(18(21)22)24-12-14-9-5-2-6-10-14/h1-10,15-16H,11-12H2,(H,19,20)(H,21,22)/t15-,16-/m1/s1. The Hall–Kier alpha value is -2.70. The Labute approximate surface area is 139 Å². The van der Waals surface area contributed by atoms with E-state index in [1.165, 1.54) is 0 Å². The Balaban J connectivity index is 2.03. The van der Waals surface area contributed by atoms with Gasteiger partial charge < -0.3 is 19.7 Å². The van der Waals surface area contributed by atoms with Crippen LogP contribution in [-0.4, -0.2) is 34.4 Å². The predicted molar refractivity (Wildman–Crippen MR) is 85.3 cm³/mol. The third-order valence-corrected chi connectivity index (χ3v) is 3.31. The zero-order valence-corrected chi connectivity index (χ0v) is 12.9. The lowest BCUT2D eigenvalue weighted by atomic mass is 10.2. The molecule has 6 heteroatoms. The number of carboxylic acid groups (broad SMARTS) is 2. The van der Waals surface area contributed by atoms with Gasteiger partial charge in [0.2, 0.25) is 0 Å². The summed E-state index contributed by atoms with van der Waals surface area (Å²) in [5.41, 5.74) is 1.49. The van der Waals surface area contributed by atoms with E-state index in [-0.39, 0.29) is 13.2 Å². The van der Waals surface area contributed by atoms with E-state index < -0.39 is 24.1 Å². The second kappa shape index (κ2) is 8.81. The topological polar surface area (TPSA) is 93.1 Å². The van der Waals surface area contributed by atoms with Gasteiger partial charge in [-0.1, -0.05) is 60.7 Å². The molecule has 0 aliphatic heterocycles. The average molecular weight is 330 g/mol. The van der Waals surface area contributed by atoms with Crippen molar-refractivity contribution in [3.63, 3.8) is 0 Å². The maximum atomic E-state index is 11.4. The van der Waals surface area contributed by atoms with Crippen LogP contribution in [0.2, 0.25) is 0 Å². The van der Waals surface area contributed by atoms with Gasteiger partial charge in [0.25, 0.3) is 0 Å². The summed E-state index contributed by atoms with van der Waals surface area (Å²) in [6, 6.07) is 17.8. The summed E-state index contributed by atoms with van der Waals surface area (Å²) in [6.07, 6.45) is -3.21. The van der Waals surface area contributed by atoms with Gasteiger partial charge in [0.1, 0.15) is 0 Å². The first-order valence-electron chi connectivity index (χ1n) is 7.34. The third kappa shape index (κ3) is 5.19. The fourth-order valence-corrected chi connectivity index (χ4v) is 2.10. The van der Waals surface area contributed by atoms with Crippen molar-refractivity contribution >= 4 is 11.9 Å². The molecule has 0 amide bonds. The van der Waals surface area contributed by atoms with E-state index in [2.05, 4.69) is 0 Å². The quantitative estimate of drug-likeness (QED) is 0.733. The molecular weight excluding hydrogens is 312 g/mol. The van der Waals surface area contributed by atoms with Crippen molar-refractivity contribution < 1.29 is 29.3 Å². The molecule has 2 rings (SSSR count). The van der Waals surface area contributed by atoms with Gasteiger partial charge in [-0.25, -0.2) is 9.59 Å². The number of benzene rings is 2. The fraction of sp³-hybridized carbons (Fsp3) is 0.222. The molecule has 24 heavy (non-hydrogen) atoms. The molecule has 0 fully saturated rings. The number of aliphatic carboxylic acids is 2. The first-order chi connectivity index (χ1) is 11.6. The highest BCUT2D eigenvalue weighted by Gasteiger charge is 2.36. The Morgan fingerprint density at radius 2 is 1.04 bits per heavy atom. The summed E-state index contributed by atoms with van der Waals surface area (Å²) >= 11 is 0. The highest BCUT2D eigenvalue weighted by Crippen LogP contribution is 2.12. The van der Waals surface area contributed by atoms with Gasteiger partial charge in [-0.05, 0) is 11.1 Å². The van der Waals surface area contributed by atoms with E-state index in [0.29, 0.717) is 0 Å². The van der Waals surface area contributed by atoms with Gasteiger partial charge >= 0.3 is 11.9 Å². The van der Waals surface area contributed by atoms with Crippen LogP contribution in [0.1, 0.15) is 11.1 Å². The second-order valence-corrected chi connectivity index (χ2v) is 5.11. The largest absolute Gasteiger partial charge is 0.479 e. The summed E-state index contributed by atoms with van der Waals surface area (Å²) in [5, 5.41) is 18.6. The number of ether oxygens (including phenoxy) is 2. The number of hydrogen-bond acceptors (Lipinski definition) is 4. The molecule has 0 saturated heterocycles. The lowest BCUT2D eigenvalue weighted by Gasteiger charge is -2.21. The van der Waals surface area contributed by atoms with Crippen molar-refractivity contribution in [2.24, 2.45) is 0 Å². The predicted octanol–water partition coefficient (Wildman–Crippen LogP) is 2.33. The molecule has 2 atom stereocenters. The molecule has 2 N–H and O–H groups in total. The first kappa shape index (κ1) is 17.7. The van der Waals surface area contributed by atoms with Crippen LogP contribution in [0.3, 0.4) is 0 Å². The highest BCUT2D eigenvalue weighted by molar-refractivity contribution is 5.83. The van der Waals surface area contributed by atoms with Crippen LogP contribution in [0.25, 0.3) is 0 Å². The van der Waals surface area contributed by atoms with Crippen molar-refractivity contribution in [3.8, 4) is 0 Å². The van der Waals surface area contributed by atoms with E-state index in [1.54, 1.807) is 48.5 Å². The fourth-order valence-electron chi connectivity index (χ4n) is 2.10. The maximum absolute atomic E-state index is 11.4. The van der Waals surface area contributed by atoms with E-state index in [9.17, 15) is 19.8 Å². The SMILES string of the molecule is O=C(O)[C@H](OCc1ccccc1)[C@@H](OCc1ccccc1)C(=O)O. The minimum atomic E-state index is -1.61. The minimum absolute atomic E-state index is 0.0176. The monoisotopic (exact) mass is 330 g/mol. The molecular formula is C18H18O6. The van der Waals surface area contributed by atoms with Crippen LogP contribution in [0.5, 0.6) is 0 Å². The Kier molecular flexibility index (Phi) is 6.48. The lowest BCUT2D eigenvalue weighted by Crippen LogP contribution is -2.43. The Morgan fingerprint density at radius 1 is 0.708 bits per heavy atom. The van der Waals surface area contributed by atoms with Crippen LogP contribution in [0.4, 0.5) is 0 Å².